The first-order valence-corrected chi connectivity index (χ1v) is 19.9. The maximum Gasteiger partial charge on any atom is 0.330 e. The summed E-state index contributed by atoms with van der Waals surface area (Å²) in [7, 11) is 0. The molecule has 2 aromatic carbocycles. The van der Waals surface area contributed by atoms with E-state index in [2.05, 4.69) is 34.6 Å². The van der Waals surface area contributed by atoms with Gasteiger partial charge < -0.3 is 25.7 Å². The van der Waals surface area contributed by atoms with E-state index in [1.165, 1.54) is 76.7 Å². The van der Waals surface area contributed by atoms with E-state index in [9.17, 15) is 4.79 Å². The molecule has 0 heterocycles. The molecular formula is C44H64N2O4. The monoisotopic (exact) mass is 684 g/mol. The third-order valence-corrected chi connectivity index (χ3v) is 14.0. The lowest BCUT2D eigenvalue weighted by atomic mass is 9.44. The average Bonchev–Trinajstić information content (AvgIpc) is 3.44. The molecule has 0 saturated heterocycles. The van der Waals surface area contributed by atoms with Gasteiger partial charge in [-0.1, -0.05) is 66.0 Å². The maximum atomic E-state index is 12.2. The quantitative estimate of drug-likeness (QED) is 0.0943. The lowest BCUT2D eigenvalue weighted by Gasteiger charge is -2.61. The van der Waals surface area contributed by atoms with Gasteiger partial charge in [0, 0.05) is 11.8 Å². The van der Waals surface area contributed by atoms with Crippen LogP contribution in [0.3, 0.4) is 0 Å². The molecule has 0 radical (unpaired) electrons. The summed E-state index contributed by atoms with van der Waals surface area (Å²) in [6.07, 6.45) is 20.0. The summed E-state index contributed by atoms with van der Waals surface area (Å²) in [5, 5.41) is 0. The Hall–Kier alpha value is -3.15. The third kappa shape index (κ3) is 8.00. The summed E-state index contributed by atoms with van der Waals surface area (Å²) in [4.78, 5) is 12.2. The number of carbonyl (C=O) groups is 1. The molecule has 274 valence electrons. The second-order valence-corrected chi connectivity index (χ2v) is 17.4. The van der Waals surface area contributed by atoms with Crippen LogP contribution in [-0.2, 0) is 9.53 Å². The lowest BCUT2D eigenvalue weighted by Crippen LogP contribution is -2.54. The number of esters is 1. The zero-order valence-corrected chi connectivity index (χ0v) is 31.5. The van der Waals surface area contributed by atoms with Crippen molar-refractivity contribution in [3.8, 4) is 11.5 Å². The van der Waals surface area contributed by atoms with Crippen LogP contribution < -0.4 is 20.9 Å². The second kappa shape index (κ2) is 15.6. The minimum absolute atomic E-state index is 0.126. The van der Waals surface area contributed by atoms with Crippen LogP contribution in [0.4, 0.5) is 11.4 Å². The summed E-state index contributed by atoms with van der Waals surface area (Å²) in [6, 6.07) is 13.1. The zero-order chi connectivity index (χ0) is 35.5. The summed E-state index contributed by atoms with van der Waals surface area (Å²) < 4.78 is 17.5. The first kappa shape index (κ1) is 36.6. The van der Waals surface area contributed by atoms with E-state index < -0.39 is 5.97 Å². The molecule has 4 aliphatic rings. The Labute approximate surface area is 302 Å². The van der Waals surface area contributed by atoms with Gasteiger partial charge in [-0.15, -0.1) is 0 Å². The number of nitrogens with two attached hydrogens (primary N) is 2. The zero-order valence-electron chi connectivity index (χ0n) is 31.5. The fourth-order valence-corrected chi connectivity index (χ4v) is 11.4. The van der Waals surface area contributed by atoms with Crippen molar-refractivity contribution in [1.29, 1.82) is 0 Å². The van der Waals surface area contributed by atoms with Gasteiger partial charge in [-0.25, -0.2) is 4.79 Å². The molecule has 50 heavy (non-hydrogen) atoms. The highest BCUT2D eigenvalue weighted by atomic mass is 16.6. The number of fused-ring (bicyclic) bond motifs is 5. The van der Waals surface area contributed by atoms with Crippen LogP contribution in [0.25, 0.3) is 6.08 Å². The van der Waals surface area contributed by atoms with Crippen molar-refractivity contribution in [3.63, 3.8) is 0 Å². The standard InChI is InChI=1S/C44H64N2O4/c1-29(2)7-6-8-30(3)37-17-18-38-36-16-12-32-27-35(21-23-43(32,4)39(36)22-24-44(37,38)5)50-34-14-9-31(10-15-34)11-20-42(47)49-26-25-48-41-19-13-33(45)28-40(41)46/h9-11,13-15,19-20,28-30,32,35-39H,6-8,12,16-18,21-27,45-46H2,1-5H3/b20-11+/t30-,32+,35?,36-,37-,38-,39-,43-,44+/m0/s1. The van der Waals surface area contributed by atoms with Crippen molar-refractivity contribution < 1.29 is 19.0 Å². The number of carbonyl (C=O) groups excluding carboxylic acids is 1. The van der Waals surface area contributed by atoms with Gasteiger partial charge in [0.1, 0.15) is 24.7 Å². The van der Waals surface area contributed by atoms with Gasteiger partial charge in [-0.05, 0) is 152 Å². The summed E-state index contributed by atoms with van der Waals surface area (Å²) >= 11 is 0. The van der Waals surface area contributed by atoms with Gasteiger partial charge in [0.05, 0.1) is 11.8 Å². The molecule has 0 aliphatic heterocycles. The van der Waals surface area contributed by atoms with E-state index in [-0.39, 0.29) is 19.3 Å². The third-order valence-electron chi connectivity index (χ3n) is 14.0. The second-order valence-electron chi connectivity index (χ2n) is 17.4. The number of rotatable bonds is 13. The molecule has 0 amide bonds. The van der Waals surface area contributed by atoms with Crippen molar-refractivity contribution in [2.75, 3.05) is 24.7 Å². The molecule has 6 heteroatoms. The van der Waals surface area contributed by atoms with E-state index in [0.717, 1.165) is 59.2 Å². The van der Waals surface area contributed by atoms with Crippen molar-refractivity contribution in [1.82, 2.24) is 0 Å². The normalized spacial score (nSPS) is 32.6. The van der Waals surface area contributed by atoms with E-state index >= 15 is 0 Å². The molecular weight excluding hydrogens is 620 g/mol. The van der Waals surface area contributed by atoms with Crippen molar-refractivity contribution in [2.45, 2.75) is 118 Å². The number of nitrogen functional groups attached to an aromatic ring is 2. The van der Waals surface area contributed by atoms with Crippen LogP contribution >= 0.6 is 0 Å². The Morgan fingerprint density at radius 1 is 0.880 bits per heavy atom. The van der Waals surface area contributed by atoms with Gasteiger partial charge >= 0.3 is 5.97 Å². The highest BCUT2D eigenvalue weighted by Crippen LogP contribution is 2.68. The smallest absolute Gasteiger partial charge is 0.330 e. The van der Waals surface area contributed by atoms with Gasteiger partial charge in [0.15, 0.2) is 0 Å². The van der Waals surface area contributed by atoms with Gasteiger partial charge in [-0.3, -0.25) is 0 Å². The molecule has 0 bridgehead atoms. The van der Waals surface area contributed by atoms with Crippen molar-refractivity contribution in [2.24, 2.45) is 52.3 Å². The Morgan fingerprint density at radius 2 is 1.64 bits per heavy atom. The largest absolute Gasteiger partial charge is 0.490 e. The number of benzene rings is 2. The van der Waals surface area contributed by atoms with Gasteiger partial charge in [0.25, 0.3) is 0 Å². The Morgan fingerprint density at radius 3 is 2.40 bits per heavy atom. The lowest BCUT2D eigenvalue weighted by molar-refractivity contribution is -0.138. The fourth-order valence-electron chi connectivity index (χ4n) is 11.4. The van der Waals surface area contributed by atoms with Gasteiger partial charge in [-0.2, -0.15) is 0 Å². The molecule has 4 fully saturated rings. The molecule has 4 aliphatic carbocycles. The Bertz CT molecular complexity index is 1470. The van der Waals surface area contributed by atoms with E-state index in [0.29, 0.717) is 28.0 Å². The highest BCUT2D eigenvalue weighted by Gasteiger charge is 2.60. The predicted molar refractivity (Wildman–Crippen MR) is 205 cm³/mol. The number of anilines is 2. The summed E-state index contributed by atoms with van der Waals surface area (Å²) in [5.74, 6) is 7.18. The minimum atomic E-state index is -0.416. The molecule has 9 atom stereocenters. The first-order chi connectivity index (χ1) is 24.0. The molecule has 4 saturated carbocycles. The number of hydrogen-bond acceptors (Lipinski definition) is 6. The Kier molecular flexibility index (Phi) is 11.4. The maximum absolute atomic E-state index is 12.2. The SMILES string of the molecule is CC(C)CCC[C@H](C)[C@@H]1CC[C@H]2[C@@H]3CC[C@@H]4CC(Oc5ccc(/C=C/C(=O)OCCOc6ccc(N)cc6N)cc5)CC[C@]4(C)[C@H]3CC[C@@]21C. The van der Waals surface area contributed by atoms with Crippen LogP contribution in [0.15, 0.2) is 48.5 Å². The molecule has 0 aromatic heterocycles. The molecule has 1 unspecified atom stereocenters. The van der Waals surface area contributed by atoms with Crippen LogP contribution in [0.5, 0.6) is 11.5 Å². The Balaban J connectivity index is 0.958. The highest BCUT2D eigenvalue weighted by molar-refractivity contribution is 5.87. The number of hydrogen-bond donors (Lipinski definition) is 2. The van der Waals surface area contributed by atoms with Crippen LogP contribution in [0, 0.1) is 52.3 Å². The van der Waals surface area contributed by atoms with Crippen molar-refractivity contribution >= 4 is 23.4 Å². The first-order valence-electron chi connectivity index (χ1n) is 19.9. The molecule has 0 spiro atoms. The molecule has 4 N–H and O–H groups in total. The van der Waals surface area contributed by atoms with Gasteiger partial charge in [0.2, 0.25) is 0 Å². The molecule has 6 rings (SSSR count). The van der Waals surface area contributed by atoms with Crippen LogP contribution in [0.1, 0.15) is 117 Å². The summed E-state index contributed by atoms with van der Waals surface area (Å²) in [6.45, 7) is 13.1. The van der Waals surface area contributed by atoms with Crippen molar-refractivity contribution in [3.05, 3.63) is 54.1 Å². The fraction of sp³-hybridized carbons (Fsp3) is 0.659. The van der Waals surface area contributed by atoms with E-state index in [1.54, 1.807) is 24.3 Å². The predicted octanol–water partition coefficient (Wildman–Crippen LogP) is 10.4. The van der Waals surface area contributed by atoms with E-state index in [1.807, 2.05) is 24.3 Å². The average molecular weight is 685 g/mol. The number of ether oxygens (including phenoxy) is 3. The summed E-state index contributed by atoms with van der Waals surface area (Å²) in [5.41, 5.74) is 14.6. The van der Waals surface area contributed by atoms with E-state index in [4.69, 9.17) is 25.7 Å². The van der Waals surface area contributed by atoms with Crippen LogP contribution in [0.2, 0.25) is 0 Å². The van der Waals surface area contributed by atoms with Crippen LogP contribution in [-0.4, -0.2) is 25.3 Å². The topological polar surface area (TPSA) is 96.8 Å². The molecule has 2 aromatic rings. The minimum Gasteiger partial charge on any atom is -0.490 e. The molecule has 6 nitrogen and oxygen atoms in total.